The van der Waals surface area contributed by atoms with Crippen LogP contribution in [0.25, 0.3) is 0 Å². The molecule has 2 aliphatic heterocycles. The van der Waals surface area contributed by atoms with Crippen molar-refractivity contribution in [2.45, 2.75) is 63.0 Å². The Morgan fingerprint density at radius 1 is 1.19 bits per heavy atom. The minimum absolute atomic E-state index is 0.0215. The van der Waals surface area contributed by atoms with Gasteiger partial charge < -0.3 is 15.4 Å². The van der Waals surface area contributed by atoms with Gasteiger partial charge in [-0.05, 0) is 55.9 Å². The lowest BCUT2D eigenvalue weighted by Crippen LogP contribution is -2.50. The molecule has 2 heterocycles. The third-order valence-corrected chi connectivity index (χ3v) is 6.28. The van der Waals surface area contributed by atoms with Gasteiger partial charge >= 0.3 is 6.03 Å². The molecule has 0 unspecified atom stereocenters. The number of ether oxygens (including phenoxy) is 1. The van der Waals surface area contributed by atoms with E-state index in [1.165, 1.54) is 50.0 Å². The van der Waals surface area contributed by atoms with Gasteiger partial charge in [0.05, 0.1) is 5.60 Å². The molecule has 2 saturated heterocycles. The fourth-order valence-electron chi connectivity index (χ4n) is 3.94. The van der Waals surface area contributed by atoms with Crippen LogP contribution in [0.1, 0.15) is 51.4 Å². The normalized spacial score (nSPS) is 29.4. The van der Waals surface area contributed by atoms with E-state index in [1.807, 2.05) is 11.8 Å². The van der Waals surface area contributed by atoms with Crippen LogP contribution in [0.2, 0.25) is 0 Å². The maximum absolute atomic E-state index is 12.1. The van der Waals surface area contributed by atoms with Crippen LogP contribution in [0.5, 0.6) is 0 Å². The Hall–Kier alpha value is -0.420. The smallest absolute Gasteiger partial charge is 0.315 e. The van der Waals surface area contributed by atoms with Gasteiger partial charge in [0.2, 0.25) is 0 Å². The quantitative estimate of drug-likeness (QED) is 0.842. The molecule has 21 heavy (non-hydrogen) atoms. The van der Waals surface area contributed by atoms with Gasteiger partial charge in [-0.25, -0.2) is 4.79 Å². The highest BCUT2D eigenvalue weighted by atomic mass is 32.2. The molecule has 0 aromatic heterocycles. The third-order valence-electron chi connectivity index (χ3n) is 5.24. The summed E-state index contributed by atoms with van der Waals surface area (Å²) in [5, 5.41) is 6.25. The van der Waals surface area contributed by atoms with Crippen LogP contribution in [0.15, 0.2) is 0 Å². The Morgan fingerprint density at radius 3 is 2.71 bits per heavy atom. The molecule has 0 bridgehead atoms. The van der Waals surface area contributed by atoms with Crippen LogP contribution in [-0.4, -0.2) is 42.3 Å². The fraction of sp³-hybridized carbons (Fsp3) is 0.938. The molecule has 3 rings (SSSR count). The number of carbonyl (C=O) groups is 1. The number of hydrogen-bond acceptors (Lipinski definition) is 3. The Bertz CT molecular complexity index is 352. The maximum atomic E-state index is 12.1. The summed E-state index contributed by atoms with van der Waals surface area (Å²) in [5.74, 6) is 3.17. The number of amides is 2. The lowest BCUT2D eigenvalue weighted by atomic mass is 9.89. The van der Waals surface area contributed by atoms with Crippen LogP contribution >= 0.6 is 11.8 Å². The first kappa shape index (κ1) is 15.5. The molecular weight excluding hydrogens is 284 g/mol. The summed E-state index contributed by atoms with van der Waals surface area (Å²) in [6.45, 7) is 1.63. The second-order valence-corrected chi connectivity index (χ2v) is 8.06. The van der Waals surface area contributed by atoms with Gasteiger partial charge in [0.15, 0.2) is 0 Å². The zero-order valence-electron chi connectivity index (χ0n) is 12.9. The summed E-state index contributed by atoms with van der Waals surface area (Å²) in [6, 6.07) is 0.312. The summed E-state index contributed by atoms with van der Waals surface area (Å²) in [7, 11) is 0. The molecule has 4 nitrogen and oxygen atoms in total. The highest BCUT2D eigenvalue weighted by molar-refractivity contribution is 7.99. The van der Waals surface area contributed by atoms with Gasteiger partial charge in [0.25, 0.3) is 0 Å². The Morgan fingerprint density at radius 2 is 1.95 bits per heavy atom. The van der Waals surface area contributed by atoms with E-state index in [2.05, 4.69) is 10.6 Å². The SMILES string of the molecule is O=C(NCC1CCSCC1)N[C@H]1CCOC2(CCCC2)C1. The highest BCUT2D eigenvalue weighted by Crippen LogP contribution is 2.39. The molecule has 0 aromatic carbocycles. The van der Waals surface area contributed by atoms with E-state index in [-0.39, 0.29) is 11.6 Å². The first-order chi connectivity index (χ1) is 10.3. The van der Waals surface area contributed by atoms with Crippen molar-refractivity contribution in [2.75, 3.05) is 24.7 Å². The van der Waals surface area contributed by atoms with Crippen molar-refractivity contribution < 1.29 is 9.53 Å². The number of urea groups is 1. The summed E-state index contributed by atoms with van der Waals surface area (Å²) in [5.41, 5.74) is 0.0801. The Kier molecular flexibility index (Phi) is 5.33. The molecule has 5 heteroatoms. The molecule has 3 aliphatic rings. The van der Waals surface area contributed by atoms with E-state index in [1.54, 1.807) is 0 Å². The molecule has 0 aromatic rings. The zero-order valence-corrected chi connectivity index (χ0v) is 13.7. The molecule has 1 saturated carbocycles. The Balaban J connectivity index is 1.39. The van der Waals surface area contributed by atoms with Gasteiger partial charge in [0.1, 0.15) is 0 Å². The molecule has 1 atom stereocenters. The van der Waals surface area contributed by atoms with Crippen LogP contribution in [0.4, 0.5) is 4.79 Å². The predicted octanol–water partition coefficient (Wildman–Crippen LogP) is 2.92. The molecule has 2 N–H and O–H groups in total. The van der Waals surface area contributed by atoms with Crippen molar-refractivity contribution in [1.82, 2.24) is 10.6 Å². The van der Waals surface area contributed by atoms with Gasteiger partial charge in [-0.15, -0.1) is 0 Å². The monoisotopic (exact) mass is 312 g/mol. The van der Waals surface area contributed by atoms with E-state index in [0.29, 0.717) is 12.0 Å². The van der Waals surface area contributed by atoms with Crippen molar-refractivity contribution in [3.8, 4) is 0 Å². The van der Waals surface area contributed by atoms with E-state index in [0.717, 1.165) is 26.0 Å². The van der Waals surface area contributed by atoms with Crippen LogP contribution in [-0.2, 0) is 4.74 Å². The number of hydrogen-bond donors (Lipinski definition) is 2. The molecule has 3 fully saturated rings. The first-order valence-corrected chi connectivity index (χ1v) is 9.67. The topological polar surface area (TPSA) is 50.4 Å². The van der Waals surface area contributed by atoms with Crippen molar-refractivity contribution >= 4 is 17.8 Å². The average molecular weight is 312 g/mol. The second kappa shape index (κ2) is 7.23. The summed E-state index contributed by atoms with van der Waals surface area (Å²) in [6.07, 6.45) is 9.34. The molecule has 1 spiro atoms. The van der Waals surface area contributed by atoms with Gasteiger partial charge in [0, 0.05) is 19.2 Å². The molecule has 1 aliphatic carbocycles. The van der Waals surface area contributed by atoms with E-state index in [4.69, 9.17) is 4.74 Å². The number of rotatable bonds is 3. The highest BCUT2D eigenvalue weighted by Gasteiger charge is 2.40. The molecular formula is C16H28N2O2S. The Labute approximate surface area is 132 Å². The average Bonchev–Trinajstić information content (AvgIpc) is 2.94. The maximum Gasteiger partial charge on any atom is 0.315 e. The standard InChI is InChI=1S/C16H28N2O2S/c19-15(17-12-13-4-9-21-10-5-13)18-14-3-8-20-16(11-14)6-1-2-7-16/h13-14H,1-12H2,(H2,17,18,19)/t14-/m0/s1. The first-order valence-electron chi connectivity index (χ1n) is 8.52. The second-order valence-electron chi connectivity index (χ2n) is 6.84. The van der Waals surface area contributed by atoms with Crippen molar-refractivity contribution in [3.63, 3.8) is 0 Å². The fourth-order valence-corrected chi connectivity index (χ4v) is 5.15. The van der Waals surface area contributed by atoms with Crippen LogP contribution < -0.4 is 10.6 Å². The van der Waals surface area contributed by atoms with E-state index >= 15 is 0 Å². The number of carbonyl (C=O) groups excluding carboxylic acids is 1. The number of nitrogens with one attached hydrogen (secondary N) is 2. The molecule has 0 radical (unpaired) electrons. The molecule has 120 valence electrons. The lowest BCUT2D eigenvalue weighted by molar-refractivity contribution is -0.0820. The van der Waals surface area contributed by atoms with Crippen molar-refractivity contribution in [2.24, 2.45) is 5.92 Å². The predicted molar refractivity (Wildman–Crippen MR) is 86.8 cm³/mol. The number of thioether (sulfide) groups is 1. The van der Waals surface area contributed by atoms with Crippen molar-refractivity contribution in [3.05, 3.63) is 0 Å². The van der Waals surface area contributed by atoms with E-state index < -0.39 is 0 Å². The van der Waals surface area contributed by atoms with Gasteiger partial charge in [-0.1, -0.05) is 12.8 Å². The van der Waals surface area contributed by atoms with E-state index in [9.17, 15) is 4.79 Å². The van der Waals surface area contributed by atoms with Gasteiger partial charge in [-0.3, -0.25) is 0 Å². The van der Waals surface area contributed by atoms with Crippen LogP contribution in [0, 0.1) is 5.92 Å². The zero-order chi connectivity index (χ0) is 14.5. The van der Waals surface area contributed by atoms with Crippen molar-refractivity contribution in [1.29, 1.82) is 0 Å². The summed E-state index contributed by atoms with van der Waals surface area (Å²) >= 11 is 2.03. The minimum Gasteiger partial charge on any atom is -0.375 e. The molecule has 2 amide bonds. The summed E-state index contributed by atoms with van der Waals surface area (Å²) in [4.78, 5) is 12.1. The third kappa shape index (κ3) is 4.28. The lowest BCUT2D eigenvalue weighted by Gasteiger charge is -2.38. The minimum atomic E-state index is 0.0215. The largest absolute Gasteiger partial charge is 0.375 e. The van der Waals surface area contributed by atoms with Gasteiger partial charge in [-0.2, -0.15) is 11.8 Å². The van der Waals surface area contributed by atoms with Crippen LogP contribution in [0.3, 0.4) is 0 Å². The summed E-state index contributed by atoms with van der Waals surface area (Å²) < 4.78 is 6.02.